The van der Waals surface area contributed by atoms with Crippen LogP contribution in [0.5, 0.6) is 57.5 Å². The number of benzene rings is 8. The van der Waals surface area contributed by atoms with Gasteiger partial charge in [0.2, 0.25) is 69.7 Å². The predicted octanol–water partition coefficient (Wildman–Crippen LogP) is 15.4. The first kappa shape index (κ1) is 41.8. The Kier molecular flexibility index (Phi) is 11.7. The average Bonchev–Trinajstić information content (AvgIpc) is 3.30. The van der Waals surface area contributed by atoms with Crippen molar-refractivity contribution in [2.24, 2.45) is 0 Å². The molecule has 8 aromatic rings. The van der Waals surface area contributed by atoms with Gasteiger partial charge in [-0.2, -0.15) is 17.6 Å². The number of para-hydroxylation sites is 2. The highest BCUT2D eigenvalue weighted by molar-refractivity contribution is 5.75. The molecule has 15 heteroatoms. The van der Waals surface area contributed by atoms with Gasteiger partial charge in [0.05, 0.1) is 0 Å². The highest BCUT2D eigenvalue weighted by Crippen LogP contribution is 2.43. The van der Waals surface area contributed by atoms with Gasteiger partial charge in [0.1, 0.15) is 46.0 Å². The van der Waals surface area contributed by atoms with Crippen LogP contribution in [0.2, 0.25) is 0 Å². The summed E-state index contributed by atoms with van der Waals surface area (Å²) in [7, 11) is 0. The fourth-order valence-corrected chi connectivity index (χ4v) is 6.18. The molecule has 0 atom stereocenters. The molecule has 0 N–H and O–H groups in total. The van der Waals surface area contributed by atoms with Crippen molar-refractivity contribution in [1.82, 2.24) is 0 Å². The Labute approximate surface area is 350 Å². The molecule has 0 aliphatic heterocycles. The Balaban J connectivity index is 1.13. The largest absolute Gasteiger partial charge is 0.457 e. The van der Waals surface area contributed by atoms with Crippen LogP contribution in [0.4, 0.5) is 43.9 Å². The maximum Gasteiger partial charge on any atom is 0.207 e. The highest BCUT2D eigenvalue weighted by Gasteiger charge is 2.29. The third kappa shape index (κ3) is 8.66. The SMILES string of the molecule is Fc1c(F)c(F)c(Oc2cccc(-c3ccc(Oc4ccc(-c5cccc(Oc6c(F)c(F)c(F)c(F)c6F)c5)c(Oc5ccccc5)c4)cc3Oc3ccccc3)c2)c(F)c1F. The van der Waals surface area contributed by atoms with Crippen LogP contribution in [0, 0.1) is 58.2 Å². The first-order valence-electron chi connectivity index (χ1n) is 18.4. The normalized spacial score (nSPS) is 11.0. The van der Waals surface area contributed by atoms with Crippen molar-refractivity contribution in [1.29, 1.82) is 0 Å². The molecule has 0 spiro atoms. The van der Waals surface area contributed by atoms with Crippen molar-refractivity contribution in [3.8, 4) is 79.7 Å². The van der Waals surface area contributed by atoms with Gasteiger partial charge in [0.25, 0.3) is 0 Å². The first-order chi connectivity index (χ1) is 30.4. The van der Waals surface area contributed by atoms with Crippen molar-refractivity contribution in [2.45, 2.75) is 0 Å². The van der Waals surface area contributed by atoms with Gasteiger partial charge in [-0.25, -0.2) is 26.3 Å². The van der Waals surface area contributed by atoms with Crippen LogP contribution in [-0.4, -0.2) is 0 Å². The molecule has 5 nitrogen and oxygen atoms in total. The summed E-state index contributed by atoms with van der Waals surface area (Å²) < 4.78 is 170. The van der Waals surface area contributed by atoms with Crippen molar-refractivity contribution in [3.63, 3.8) is 0 Å². The zero-order valence-electron chi connectivity index (χ0n) is 31.7. The molecule has 8 rings (SSSR count). The lowest BCUT2D eigenvalue weighted by molar-refractivity contribution is 0.332. The number of halogens is 10. The Bertz CT molecular complexity index is 2740. The van der Waals surface area contributed by atoms with E-state index in [-0.39, 0.29) is 34.5 Å². The molecule has 0 saturated heterocycles. The van der Waals surface area contributed by atoms with E-state index in [2.05, 4.69) is 0 Å². The van der Waals surface area contributed by atoms with Gasteiger partial charge in [-0.15, -0.1) is 0 Å². The van der Waals surface area contributed by atoms with Gasteiger partial charge in [-0.05, 0) is 83.9 Å². The number of hydrogen-bond donors (Lipinski definition) is 0. The van der Waals surface area contributed by atoms with E-state index >= 15 is 0 Å². The van der Waals surface area contributed by atoms with Gasteiger partial charge in [-0.3, -0.25) is 0 Å². The molecule has 0 fully saturated rings. The zero-order chi connectivity index (χ0) is 44.4. The summed E-state index contributed by atoms with van der Waals surface area (Å²) in [5.41, 5.74) is 1.49. The van der Waals surface area contributed by atoms with Gasteiger partial charge < -0.3 is 23.7 Å². The van der Waals surface area contributed by atoms with Crippen LogP contribution in [0.1, 0.15) is 0 Å². The average molecular weight is 871 g/mol. The topological polar surface area (TPSA) is 46.2 Å². The molecule has 0 aromatic heterocycles. The summed E-state index contributed by atoms with van der Waals surface area (Å²) in [5.74, 6) is -23.7. The summed E-state index contributed by atoms with van der Waals surface area (Å²) in [6.45, 7) is 0. The van der Waals surface area contributed by atoms with Crippen molar-refractivity contribution in [2.75, 3.05) is 0 Å². The Morgan fingerprint density at radius 2 is 0.556 bits per heavy atom. The van der Waals surface area contributed by atoms with E-state index in [4.69, 9.17) is 23.7 Å². The van der Waals surface area contributed by atoms with Crippen LogP contribution in [0.15, 0.2) is 146 Å². The molecule has 63 heavy (non-hydrogen) atoms. The van der Waals surface area contributed by atoms with Gasteiger partial charge in [-0.1, -0.05) is 60.7 Å². The molecule has 0 radical (unpaired) electrons. The van der Waals surface area contributed by atoms with E-state index < -0.39 is 69.7 Å². The molecule has 0 unspecified atom stereocenters. The Hall–Kier alpha value is -7.94. The molecule has 0 aliphatic rings. The van der Waals surface area contributed by atoms with Crippen LogP contribution >= 0.6 is 0 Å². The maximum absolute atomic E-state index is 14.5. The second-order valence-electron chi connectivity index (χ2n) is 13.3. The molecule has 0 saturated carbocycles. The maximum atomic E-state index is 14.5. The van der Waals surface area contributed by atoms with Crippen LogP contribution < -0.4 is 23.7 Å². The quantitative estimate of drug-likeness (QED) is 0.0695. The minimum absolute atomic E-state index is 0.204. The zero-order valence-corrected chi connectivity index (χ0v) is 31.7. The third-order valence-electron chi connectivity index (χ3n) is 9.15. The summed E-state index contributed by atoms with van der Waals surface area (Å²) in [6.07, 6.45) is 0. The molecule has 0 aliphatic carbocycles. The molecule has 0 amide bonds. The minimum Gasteiger partial charge on any atom is -0.457 e. The monoisotopic (exact) mass is 870 g/mol. The van der Waals surface area contributed by atoms with Gasteiger partial charge in [0, 0.05) is 23.3 Å². The first-order valence-corrected chi connectivity index (χ1v) is 18.4. The summed E-state index contributed by atoms with van der Waals surface area (Å²) in [6, 6.07) is 37.7. The molecule has 0 heterocycles. The molecule has 316 valence electrons. The van der Waals surface area contributed by atoms with Crippen LogP contribution in [0.25, 0.3) is 22.3 Å². The van der Waals surface area contributed by atoms with E-state index in [1.807, 2.05) is 0 Å². The van der Waals surface area contributed by atoms with Gasteiger partial charge in [0.15, 0.2) is 0 Å². The standard InChI is InChI=1S/C48H24F10O5/c49-37-39(51)43(55)47(44(56)40(37)52)62-29-15-7-9-25(21-29)33-19-17-31(23-35(33)60-27-11-3-1-4-12-27)59-32-18-20-34(36(24-32)61-28-13-5-2-6-14-28)26-10-8-16-30(22-26)63-48-45(57)41(53)38(50)42(54)46(48)58/h1-24H. The molecule has 0 bridgehead atoms. The van der Waals surface area contributed by atoms with Crippen LogP contribution in [-0.2, 0) is 0 Å². The lowest BCUT2D eigenvalue weighted by atomic mass is 10.0. The third-order valence-corrected chi connectivity index (χ3v) is 9.15. The van der Waals surface area contributed by atoms with E-state index in [1.54, 1.807) is 97.1 Å². The van der Waals surface area contributed by atoms with E-state index in [1.165, 1.54) is 48.5 Å². The minimum atomic E-state index is -2.33. The number of rotatable bonds is 12. The fourth-order valence-electron chi connectivity index (χ4n) is 6.18. The number of hydrogen-bond acceptors (Lipinski definition) is 5. The van der Waals surface area contributed by atoms with Gasteiger partial charge >= 0.3 is 0 Å². The lowest BCUT2D eigenvalue weighted by Gasteiger charge is -2.17. The second kappa shape index (κ2) is 17.6. The Morgan fingerprint density at radius 3 is 0.921 bits per heavy atom. The lowest BCUT2D eigenvalue weighted by Crippen LogP contribution is -2.04. The molecular weight excluding hydrogens is 847 g/mol. The van der Waals surface area contributed by atoms with E-state index in [0.717, 1.165) is 0 Å². The fraction of sp³-hybridized carbons (Fsp3) is 0. The van der Waals surface area contributed by atoms with Crippen LogP contribution in [0.3, 0.4) is 0 Å². The molecule has 8 aromatic carbocycles. The Morgan fingerprint density at radius 1 is 0.238 bits per heavy atom. The smallest absolute Gasteiger partial charge is 0.207 e. The predicted molar refractivity (Wildman–Crippen MR) is 209 cm³/mol. The number of ether oxygens (including phenoxy) is 5. The van der Waals surface area contributed by atoms with E-state index in [9.17, 15) is 43.9 Å². The summed E-state index contributed by atoms with van der Waals surface area (Å²) in [4.78, 5) is 0. The summed E-state index contributed by atoms with van der Waals surface area (Å²) >= 11 is 0. The van der Waals surface area contributed by atoms with E-state index in [0.29, 0.717) is 33.8 Å². The highest BCUT2D eigenvalue weighted by atomic mass is 19.2. The summed E-state index contributed by atoms with van der Waals surface area (Å²) in [5, 5.41) is 0. The van der Waals surface area contributed by atoms with Crippen molar-refractivity contribution < 1.29 is 67.6 Å². The molecular formula is C48H24F10O5. The second-order valence-corrected chi connectivity index (χ2v) is 13.3. The van der Waals surface area contributed by atoms with Crippen molar-refractivity contribution in [3.05, 3.63) is 204 Å². The van der Waals surface area contributed by atoms with Crippen molar-refractivity contribution >= 4 is 0 Å².